The van der Waals surface area contributed by atoms with Gasteiger partial charge in [-0.15, -0.1) is 0 Å². The molecule has 0 aliphatic heterocycles. The maximum atomic E-state index is 5.63. The molecular formula is C14H20O2. The third-order valence-corrected chi connectivity index (χ3v) is 2.25. The first-order valence-electron chi connectivity index (χ1n) is 5.80. The highest BCUT2D eigenvalue weighted by Gasteiger charge is 1.94. The molecule has 1 aromatic carbocycles. The third kappa shape index (κ3) is 4.99. The molecule has 0 saturated carbocycles. The van der Waals surface area contributed by atoms with Crippen LogP contribution in [-0.4, -0.2) is 19.8 Å². The van der Waals surface area contributed by atoms with E-state index in [0.29, 0.717) is 0 Å². The van der Waals surface area contributed by atoms with Gasteiger partial charge in [0, 0.05) is 13.2 Å². The summed E-state index contributed by atoms with van der Waals surface area (Å²) in [5.41, 5.74) is 1.09. The molecule has 0 aliphatic rings. The molecule has 0 N–H and O–H groups in total. The fraction of sp³-hybridized carbons (Fsp3) is 0.429. The van der Waals surface area contributed by atoms with Crippen molar-refractivity contribution >= 4 is 6.08 Å². The standard InChI is InChI=1S/C14H20O2/c1-3-13-8-7-9-14(12-13)16-11-6-5-10-15-4-2/h3,7-9,12H,1,4-6,10-11H2,2H3. The molecule has 88 valence electrons. The summed E-state index contributed by atoms with van der Waals surface area (Å²) in [5.74, 6) is 0.911. The summed E-state index contributed by atoms with van der Waals surface area (Å²) in [4.78, 5) is 0. The molecule has 0 bridgehead atoms. The number of rotatable bonds is 8. The van der Waals surface area contributed by atoms with Gasteiger partial charge in [0.1, 0.15) is 5.75 Å². The Morgan fingerprint density at radius 3 is 2.81 bits per heavy atom. The van der Waals surface area contributed by atoms with Crippen molar-refractivity contribution < 1.29 is 9.47 Å². The number of benzene rings is 1. The predicted octanol–water partition coefficient (Wildman–Crippen LogP) is 3.53. The van der Waals surface area contributed by atoms with Crippen molar-refractivity contribution in [2.45, 2.75) is 19.8 Å². The summed E-state index contributed by atoms with van der Waals surface area (Å²) in [6.07, 6.45) is 3.90. The molecule has 1 rings (SSSR count). The summed E-state index contributed by atoms with van der Waals surface area (Å²) in [5, 5.41) is 0. The van der Waals surface area contributed by atoms with Gasteiger partial charge in [-0.1, -0.05) is 24.8 Å². The molecule has 2 heteroatoms. The van der Waals surface area contributed by atoms with Crippen LogP contribution in [0.5, 0.6) is 5.75 Å². The Hall–Kier alpha value is -1.28. The first-order chi connectivity index (χ1) is 7.86. The Balaban J connectivity index is 2.18. The lowest BCUT2D eigenvalue weighted by molar-refractivity contribution is 0.138. The van der Waals surface area contributed by atoms with E-state index in [1.54, 1.807) is 0 Å². The Morgan fingerprint density at radius 2 is 2.06 bits per heavy atom. The number of hydrogen-bond acceptors (Lipinski definition) is 2. The minimum absolute atomic E-state index is 0.744. The van der Waals surface area contributed by atoms with Crippen molar-refractivity contribution in [2.24, 2.45) is 0 Å². The van der Waals surface area contributed by atoms with Crippen molar-refractivity contribution in [1.82, 2.24) is 0 Å². The largest absolute Gasteiger partial charge is 0.494 e. The van der Waals surface area contributed by atoms with E-state index in [2.05, 4.69) is 6.58 Å². The van der Waals surface area contributed by atoms with Crippen LogP contribution in [0.2, 0.25) is 0 Å². The van der Waals surface area contributed by atoms with Gasteiger partial charge in [-0.2, -0.15) is 0 Å². The molecule has 0 saturated heterocycles. The van der Waals surface area contributed by atoms with Crippen LogP contribution in [-0.2, 0) is 4.74 Å². The summed E-state index contributed by atoms with van der Waals surface area (Å²) in [7, 11) is 0. The normalized spacial score (nSPS) is 10.1. The number of ether oxygens (including phenoxy) is 2. The monoisotopic (exact) mass is 220 g/mol. The van der Waals surface area contributed by atoms with E-state index in [-0.39, 0.29) is 0 Å². The zero-order chi connectivity index (χ0) is 11.6. The smallest absolute Gasteiger partial charge is 0.119 e. The van der Waals surface area contributed by atoms with Gasteiger partial charge in [0.05, 0.1) is 6.61 Å². The number of hydrogen-bond donors (Lipinski definition) is 0. The molecule has 0 radical (unpaired) electrons. The average Bonchev–Trinajstić information content (AvgIpc) is 2.34. The fourth-order valence-corrected chi connectivity index (χ4v) is 1.37. The highest BCUT2D eigenvalue weighted by Crippen LogP contribution is 2.14. The molecule has 1 aromatic rings. The van der Waals surface area contributed by atoms with Crippen molar-refractivity contribution in [2.75, 3.05) is 19.8 Å². The van der Waals surface area contributed by atoms with Crippen LogP contribution >= 0.6 is 0 Å². The highest BCUT2D eigenvalue weighted by molar-refractivity contribution is 5.49. The molecule has 0 atom stereocenters. The second kappa shape index (κ2) is 7.94. The minimum Gasteiger partial charge on any atom is -0.494 e. The van der Waals surface area contributed by atoms with Gasteiger partial charge in [0.2, 0.25) is 0 Å². The van der Waals surface area contributed by atoms with Crippen LogP contribution in [0, 0.1) is 0 Å². The molecule has 0 heterocycles. The number of unbranched alkanes of at least 4 members (excludes halogenated alkanes) is 1. The first kappa shape index (κ1) is 12.8. The SMILES string of the molecule is C=Cc1cccc(OCCCCOCC)c1. The average molecular weight is 220 g/mol. The van der Waals surface area contributed by atoms with Crippen LogP contribution in [0.4, 0.5) is 0 Å². The summed E-state index contributed by atoms with van der Waals surface area (Å²) >= 11 is 0. The van der Waals surface area contributed by atoms with Gasteiger partial charge in [-0.05, 0) is 37.5 Å². The molecule has 0 fully saturated rings. The first-order valence-corrected chi connectivity index (χ1v) is 5.80. The van der Waals surface area contributed by atoms with E-state index in [9.17, 15) is 0 Å². The van der Waals surface area contributed by atoms with Crippen molar-refractivity contribution in [1.29, 1.82) is 0 Å². The zero-order valence-electron chi connectivity index (χ0n) is 9.95. The van der Waals surface area contributed by atoms with Crippen molar-refractivity contribution in [3.05, 3.63) is 36.4 Å². The van der Waals surface area contributed by atoms with Crippen LogP contribution in [0.3, 0.4) is 0 Å². The van der Waals surface area contributed by atoms with E-state index < -0.39 is 0 Å². The summed E-state index contributed by atoms with van der Waals surface area (Å²) in [6, 6.07) is 7.95. The Kier molecular flexibility index (Phi) is 6.35. The quantitative estimate of drug-likeness (QED) is 0.624. The summed E-state index contributed by atoms with van der Waals surface area (Å²) < 4.78 is 10.9. The molecular weight excluding hydrogens is 200 g/mol. The van der Waals surface area contributed by atoms with E-state index >= 15 is 0 Å². The molecule has 0 aliphatic carbocycles. The molecule has 16 heavy (non-hydrogen) atoms. The van der Waals surface area contributed by atoms with E-state index in [1.165, 1.54) is 0 Å². The molecule has 0 spiro atoms. The molecule has 0 unspecified atom stereocenters. The van der Waals surface area contributed by atoms with Gasteiger partial charge in [0.25, 0.3) is 0 Å². The van der Waals surface area contributed by atoms with Gasteiger partial charge >= 0.3 is 0 Å². The van der Waals surface area contributed by atoms with Crippen molar-refractivity contribution in [3.8, 4) is 5.75 Å². The lowest BCUT2D eigenvalue weighted by Gasteiger charge is -2.06. The predicted molar refractivity (Wildman–Crippen MR) is 67.8 cm³/mol. The van der Waals surface area contributed by atoms with Gasteiger partial charge in [-0.3, -0.25) is 0 Å². The van der Waals surface area contributed by atoms with Crippen LogP contribution in [0.25, 0.3) is 6.08 Å². The second-order valence-corrected chi connectivity index (χ2v) is 3.53. The zero-order valence-corrected chi connectivity index (χ0v) is 9.95. The van der Waals surface area contributed by atoms with Crippen LogP contribution < -0.4 is 4.74 Å². The van der Waals surface area contributed by atoms with E-state index in [4.69, 9.17) is 9.47 Å². The maximum absolute atomic E-state index is 5.63. The highest BCUT2D eigenvalue weighted by atomic mass is 16.5. The lowest BCUT2D eigenvalue weighted by atomic mass is 10.2. The van der Waals surface area contributed by atoms with Gasteiger partial charge in [0.15, 0.2) is 0 Å². The Bertz CT molecular complexity index is 307. The van der Waals surface area contributed by atoms with Crippen molar-refractivity contribution in [3.63, 3.8) is 0 Å². The van der Waals surface area contributed by atoms with Gasteiger partial charge in [-0.25, -0.2) is 0 Å². The maximum Gasteiger partial charge on any atom is 0.119 e. The second-order valence-electron chi connectivity index (χ2n) is 3.53. The topological polar surface area (TPSA) is 18.5 Å². The van der Waals surface area contributed by atoms with Crippen LogP contribution in [0.1, 0.15) is 25.3 Å². The van der Waals surface area contributed by atoms with Crippen LogP contribution in [0.15, 0.2) is 30.8 Å². The third-order valence-electron chi connectivity index (χ3n) is 2.25. The Labute approximate surface area is 97.9 Å². The van der Waals surface area contributed by atoms with Gasteiger partial charge < -0.3 is 9.47 Å². The Morgan fingerprint density at radius 1 is 1.25 bits per heavy atom. The molecule has 2 nitrogen and oxygen atoms in total. The molecule has 0 aromatic heterocycles. The van der Waals surface area contributed by atoms with E-state index in [1.807, 2.05) is 37.3 Å². The van der Waals surface area contributed by atoms with E-state index in [0.717, 1.165) is 44.0 Å². The fourth-order valence-electron chi connectivity index (χ4n) is 1.37. The minimum atomic E-state index is 0.744. The summed E-state index contributed by atoms with van der Waals surface area (Å²) in [6.45, 7) is 8.10. The molecule has 0 amide bonds. The lowest BCUT2D eigenvalue weighted by Crippen LogP contribution is -2.00.